The molecule has 0 radical (unpaired) electrons. The van der Waals surface area contributed by atoms with Crippen LogP contribution in [0.3, 0.4) is 0 Å². The van der Waals surface area contributed by atoms with Crippen molar-refractivity contribution in [2.75, 3.05) is 7.11 Å². The van der Waals surface area contributed by atoms with Crippen LogP contribution >= 0.6 is 0 Å². The molecule has 0 aliphatic carbocycles. The Balaban J connectivity index is 2.05. The van der Waals surface area contributed by atoms with Crippen LogP contribution in [0.5, 0.6) is 23.0 Å². The third-order valence-electron chi connectivity index (χ3n) is 4.66. The number of phenolic OH excluding ortho intramolecular Hbond substituents is 1. The van der Waals surface area contributed by atoms with Crippen LogP contribution in [0.25, 0.3) is 22.0 Å². The minimum Gasteiger partial charge on any atom is -0.507 e. The summed E-state index contributed by atoms with van der Waals surface area (Å²) in [4.78, 5) is 28.7. The maximum absolute atomic E-state index is 12.2. The molecule has 0 atom stereocenters. The zero-order valence-electron chi connectivity index (χ0n) is 15.3. The quantitative estimate of drug-likeness (QED) is 0.537. The van der Waals surface area contributed by atoms with Crippen molar-refractivity contribution in [3.63, 3.8) is 0 Å². The Kier molecular flexibility index (Phi) is 4.35. The van der Waals surface area contributed by atoms with Crippen LogP contribution in [-0.2, 0) is 9.59 Å². The maximum atomic E-state index is 12.2. The van der Waals surface area contributed by atoms with Gasteiger partial charge in [-0.3, -0.25) is 14.6 Å². The topological polar surface area (TPSA) is 95.0 Å². The average molecular weight is 379 g/mol. The van der Waals surface area contributed by atoms with Crippen LogP contribution in [0.4, 0.5) is 0 Å². The summed E-state index contributed by atoms with van der Waals surface area (Å²) in [5, 5.41) is 11.0. The first-order chi connectivity index (χ1) is 13.5. The van der Waals surface area contributed by atoms with E-state index in [1.54, 1.807) is 38.4 Å². The molecule has 2 aromatic carbocycles. The average Bonchev–Trinajstić information content (AvgIpc) is 2.73. The number of carbonyl (C=O) groups excluding carboxylic acids is 2. The van der Waals surface area contributed by atoms with Crippen LogP contribution in [0.2, 0.25) is 0 Å². The van der Waals surface area contributed by atoms with E-state index in [4.69, 9.17) is 14.2 Å². The lowest BCUT2D eigenvalue weighted by Gasteiger charge is -2.18. The Labute approximate surface area is 160 Å². The van der Waals surface area contributed by atoms with Crippen LogP contribution in [-0.4, -0.2) is 29.1 Å². The third-order valence-corrected chi connectivity index (χ3v) is 4.66. The summed E-state index contributed by atoms with van der Waals surface area (Å²) < 4.78 is 16.3. The van der Waals surface area contributed by atoms with Gasteiger partial charge in [0, 0.05) is 34.8 Å². The molecule has 0 saturated heterocycles. The molecule has 0 amide bonds. The SMILES string of the molecule is COc1ccc2c(-c3c4cc(O)c(C)c3OC(=O)CCC(=O)O4)ccnc2c1. The Morgan fingerprint density at radius 2 is 1.82 bits per heavy atom. The minimum atomic E-state index is -0.575. The zero-order chi connectivity index (χ0) is 19.8. The van der Waals surface area contributed by atoms with E-state index in [1.165, 1.54) is 6.07 Å². The highest BCUT2D eigenvalue weighted by molar-refractivity contribution is 6.00. The Morgan fingerprint density at radius 1 is 1.07 bits per heavy atom. The van der Waals surface area contributed by atoms with Gasteiger partial charge in [-0.1, -0.05) is 0 Å². The van der Waals surface area contributed by atoms with E-state index in [2.05, 4.69) is 4.98 Å². The number of phenols is 1. The number of hydrogen-bond acceptors (Lipinski definition) is 7. The standard InChI is InChI=1S/C21H17NO6/c1-11-16(23)10-17-20(21(11)28-19(25)6-5-18(24)27-17)14-7-8-22-15-9-12(26-2)3-4-13(14)15/h3-4,7-10,23H,5-6H2,1-2H3. The summed E-state index contributed by atoms with van der Waals surface area (Å²) in [7, 11) is 1.57. The number of aromatic hydroxyl groups is 1. The predicted octanol–water partition coefficient (Wildman–Crippen LogP) is 3.53. The first kappa shape index (κ1) is 17.8. The molecule has 3 aromatic rings. The van der Waals surface area contributed by atoms with Crippen LogP contribution in [0.1, 0.15) is 18.4 Å². The van der Waals surface area contributed by atoms with Gasteiger partial charge in [-0.25, -0.2) is 0 Å². The Bertz CT molecular complexity index is 1120. The molecule has 7 heteroatoms. The van der Waals surface area contributed by atoms with Crippen molar-refractivity contribution >= 4 is 22.8 Å². The van der Waals surface area contributed by atoms with E-state index in [9.17, 15) is 14.7 Å². The molecule has 0 spiro atoms. The van der Waals surface area contributed by atoms with Crippen molar-refractivity contribution in [1.29, 1.82) is 0 Å². The second-order valence-corrected chi connectivity index (χ2v) is 6.41. The third kappa shape index (κ3) is 3.00. The summed E-state index contributed by atoms with van der Waals surface area (Å²) in [5.41, 5.74) is 2.11. The first-order valence-electron chi connectivity index (χ1n) is 8.69. The van der Waals surface area contributed by atoms with Crippen LogP contribution < -0.4 is 14.2 Å². The molecule has 1 aliphatic heterocycles. The summed E-state index contributed by atoms with van der Waals surface area (Å²) in [5.74, 6) is -0.334. The van der Waals surface area contributed by atoms with Gasteiger partial charge >= 0.3 is 11.9 Å². The molecule has 7 nitrogen and oxygen atoms in total. The molecule has 2 bridgehead atoms. The fourth-order valence-electron chi connectivity index (χ4n) is 3.20. The second-order valence-electron chi connectivity index (χ2n) is 6.41. The lowest BCUT2D eigenvalue weighted by molar-refractivity contribution is -0.140. The van der Waals surface area contributed by atoms with Crippen molar-refractivity contribution in [2.45, 2.75) is 19.8 Å². The molecule has 1 aromatic heterocycles. The molecule has 0 unspecified atom stereocenters. The fraction of sp³-hybridized carbons (Fsp3) is 0.190. The van der Waals surface area contributed by atoms with E-state index in [-0.39, 0.29) is 30.1 Å². The number of nitrogens with zero attached hydrogens (tertiary/aromatic N) is 1. The van der Waals surface area contributed by atoms with Crippen molar-refractivity contribution in [3.05, 3.63) is 42.1 Å². The van der Waals surface area contributed by atoms with Gasteiger partial charge in [0.2, 0.25) is 0 Å². The van der Waals surface area contributed by atoms with Gasteiger partial charge in [0.1, 0.15) is 23.0 Å². The number of pyridine rings is 1. The highest BCUT2D eigenvalue weighted by Crippen LogP contribution is 2.47. The normalized spacial score (nSPS) is 13.9. The van der Waals surface area contributed by atoms with Crippen molar-refractivity contribution in [2.24, 2.45) is 0 Å². The molecule has 4 rings (SSSR count). The maximum Gasteiger partial charge on any atom is 0.311 e. The Morgan fingerprint density at radius 3 is 2.57 bits per heavy atom. The number of hydrogen-bond donors (Lipinski definition) is 1. The molecule has 2 heterocycles. The summed E-state index contributed by atoms with van der Waals surface area (Å²) in [6.07, 6.45) is 1.40. The molecular weight excluding hydrogens is 362 g/mol. The van der Waals surface area contributed by atoms with Crippen LogP contribution in [0, 0.1) is 6.92 Å². The second kappa shape index (κ2) is 6.84. The molecular formula is C21H17NO6. The zero-order valence-corrected chi connectivity index (χ0v) is 15.3. The molecule has 0 fully saturated rings. The van der Waals surface area contributed by atoms with Crippen molar-refractivity contribution in [1.82, 2.24) is 4.98 Å². The number of fused-ring (bicyclic) bond motifs is 3. The number of esters is 2. The van der Waals surface area contributed by atoms with Gasteiger partial charge in [0.15, 0.2) is 0 Å². The number of rotatable bonds is 2. The van der Waals surface area contributed by atoms with Gasteiger partial charge in [-0.15, -0.1) is 0 Å². The lowest BCUT2D eigenvalue weighted by Crippen LogP contribution is -2.12. The van der Waals surface area contributed by atoms with E-state index < -0.39 is 11.9 Å². The van der Waals surface area contributed by atoms with Gasteiger partial charge in [-0.2, -0.15) is 0 Å². The smallest absolute Gasteiger partial charge is 0.311 e. The fourth-order valence-corrected chi connectivity index (χ4v) is 3.20. The van der Waals surface area contributed by atoms with Gasteiger partial charge in [0.05, 0.1) is 31.0 Å². The van der Waals surface area contributed by atoms with Gasteiger partial charge < -0.3 is 19.3 Å². The molecule has 1 N–H and O–H groups in total. The monoisotopic (exact) mass is 379 g/mol. The van der Waals surface area contributed by atoms with E-state index in [0.29, 0.717) is 28.0 Å². The number of methoxy groups -OCH3 is 1. The van der Waals surface area contributed by atoms with E-state index >= 15 is 0 Å². The molecule has 1 aliphatic rings. The number of aromatic nitrogens is 1. The van der Waals surface area contributed by atoms with Gasteiger partial charge in [0.25, 0.3) is 0 Å². The van der Waals surface area contributed by atoms with Crippen molar-refractivity contribution < 1.29 is 28.9 Å². The number of benzene rings is 2. The number of ether oxygens (including phenoxy) is 3. The largest absolute Gasteiger partial charge is 0.507 e. The van der Waals surface area contributed by atoms with E-state index in [0.717, 1.165) is 5.39 Å². The predicted molar refractivity (Wildman–Crippen MR) is 101 cm³/mol. The molecule has 142 valence electrons. The molecule has 0 saturated carbocycles. The van der Waals surface area contributed by atoms with Crippen molar-refractivity contribution in [3.8, 4) is 34.1 Å². The summed E-state index contributed by atoms with van der Waals surface area (Å²) >= 11 is 0. The molecule has 28 heavy (non-hydrogen) atoms. The first-order valence-corrected chi connectivity index (χ1v) is 8.69. The number of carbonyl (C=O) groups is 2. The highest BCUT2D eigenvalue weighted by atomic mass is 16.6. The Hall–Kier alpha value is -3.61. The van der Waals surface area contributed by atoms with Gasteiger partial charge in [-0.05, 0) is 25.1 Å². The summed E-state index contributed by atoms with van der Waals surface area (Å²) in [6.45, 7) is 1.64. The van der Waals surface area contributed by atoms with E-state index in [1.807, 2.05) is 6.07 Å². The highest BCUT2D eigenvalue weighted by Gasteiger charge is 2.26. The minimum absolute atomic E-state index is 0.106. The summed E-state index contributed by atoms with van der Waals surface area (Å²) in [6, 6.07) is 8.50. The van der Waals surface area contributed by atoms with Crippen LogP contribution in [0.15, 0.2) is 36.5 Å². The lowest BCUT2D eigenvalue weighted by atomic mass is 9.96.